The Labute approximate surface area is 92.5 Å². The molecule has 0 atom stereocenters. The van der Waals surface area contributed by atoms with Crippen LogP contribution in [0, 0.1) is 5.95 Å². The first-order valence-electron chi connectivity index (χ1n) is 4.58. The molecule has 0 fully saturated rings. The molecule has 0 aliphatic heterocycles. The van der Waals surface area contributed by atoms with E-state index in [0.29, 0.717) is 11.3 Å². The molecular weight excluding hydrogens is 213 g/mol. The lowest BCUT2D eigenvalue weighted by molar-refractivity contribution is 0.583. The first-order valence-corrected chi connectivity index (χ1v) is 5.11. The zero-order valence-electron chi connectivity index (χ0n) is 7.95. The maximum Gasteiger partial charge on any atom is 0.221 e. The van der Waals surface area contributed by atoms with Crippen LogP contribution in [-0.2, 0) is 5.88 Å². The minimum atomic E-state index is -0.473. The molecule has 0 spiro atoms. The summed E-state index contributed by atoms with van der Waals surface area (Å²) in [5.74, 6) is -0.245. The van der Waals surface area contributed by atoms with Gasteiger partial charge in [0.05, 0.1) is 11.6 Å². The van der Waals surface area contributed by atoms with E-state index in [1.807, 2.05) is 30.3 Å². The van der Waals surface area contributed by atoms with Gasteiger partial charge in [-0.25, -0.2) is 4.98 Å². The van der Waals surface area contributed by atoms with Crippen molar-refractivity contribution in [2.45, 2.75) is 5.88 Å². The quantitative estimate of drug-likeness (QED) is 0.558. The van der Waals surface area contributed by atoms with Gasteiger partial charge in [-0.3, -0.25) is 0 Å². The molecule has 76 valence electrons. The topological polar surface area (TPSA) is 12.9 Å². The molecule has 2 aromatic rings. The Morgan fingerprint density at radius 3 is 2.40 bits per heavy atom. The van der Waals surface area contributed by atoms with Gasteiger partial charge in [0.25, 0.3) is 0 Å². The molecule has 0 saturated carbocycles. The van der Waals surface area contributed by atoms with Gasteiger partial charge < -0.3 is 0 Å². The van der Waals surface area contributed by atoms with Crippen LogP contribution in [0.15, 0.2) is 42.5 Å². The molecule has 0 radical (unpaired) electrons. The molecule has 0 N–H and O–H groups in total. The highest BCUT2D eigenvalue weighted by molar-refractivity contribution is 6.16. The Morgan fingerprint density at radius 1 is 1.07 bits per heavy atom. The number of benzene rings is 1. The highest BCUT2D eigenvalue weighted by atomic mass is 35.5. The van der Waals surface area contributed by atoms with Crippen LogP contribution in [0.4, 0.5) is 4.39 Å². The van der Waals surface area contributed by atoms with E-state index >= 15 is 0 Å². The van der Waals surface area contributed by atoms with Crippen LogP contribution in [-0.4, -0.2) is 4.98 Å². The van der Waals surface area contributed by atoms with Crippen LogP contribution in [0.25, 0.3) is 11.1 Å². The third kappa shape index (κ3) is 2.16. The van der Waals surface area contributed by atoms with Crippen LogP contribution < -0.4 is 0 Å². The third-order valence-corrected chi connectivity index (χ3v) is 2.40. The fourth-order valence-electron chi connectivity index (χ4n) is 1.38. The third-order valence-electron chi connectivity index (χ3n) is 2.13. The number of aromatic nitrogens is 1. The number of alkyl halides is 1. The second kappa shape index (κ2) is 4.41. The molecule has 3 heteroatoms. The van der Waals surface area contributed by atoms with Crippen LogP contribution >= 0.6 is 11.6 Å². The maximum absolute atomic E-state index is 13.6. The predicted octanol–water partition coefficient (Wildman–Crippen LogP) is 3.63. The molecular formula is C12H9ClFN. The summed E-state index contributed by atoms with van der Waals surface area (Å²) in [5, 5.41) is 0. The average Bonchev–Trinajstić information content (AvgIpc) is 2.30. The van der Waals surface area contributed by atoms with Gasteiger partial charge in [0.1, 0.15) is 0 Å². The Hall–Kier alpha value is -1.41. The summed E-state index contributed by atoms with van der Waals surface area (Å²) in [6.07, 6.45) is 0. The van der Waals surface area contributed by atoms with Gasteiger partial charge in [0, 0.05) is 5.56 Å². The lowest BCUT2D eigenvalue weighted by Crippen LogP contribution is -1.93. The van der Waals surface area contributed by atoms with E-state index in [9.17, 15) is 4.39 Å². The van der Waals surface area contributed by atoms with Crippen molar-refractivity contribution >= 4 is 11.6 Å². The molecule has 0 aliphatic carbocycles. The lowest BCUT2D eigenvalue weighted by atomic mass is 10.1. The molecule has 1 aromatic heterocycles. The first-order chi connectivity index (χ1) is 7.31. The van der Waals surface area contributed by atoms with Crippen LogP contribution in [0.1, 0.15) is 5.69 Å². The van der Waals surface area contributed by atoms with Crippen molar-refractivity contribution in [3.05, 3.63) is 54.1 Å². The number of nitrogens with zero attached hydrogens (tertiary/aromatic N) is 1. The van der Waals surface area contributed by atoms with Crippen molar-refractivity contribution in [1.82, 2.24) is 4.98 Å². The molecule has 0 unspecified atom stereocenters. The van der Waals surface area contributed by atoms with E-state index in [0.717, 1.165) is 5.56 Å². The van der Waals surface area contributed by atoms with E-state index in [4.69, 9.17) is 11.6 Å². The number of hydrogen-bond donors (Lipinski definition) is 0. The van der Waals surface area contributed by atoms with E-state index < -0.39 is 5.95 Å². The Bertz CT molecular complexity index is 456. The summed E-state index contributed by atoms with van der Waals surface area (Å²) in [7, 11) is 0. The summed E-state index contributed by atoms with van der Waals surface area (Å²) < 4.78 is 13.6. The molecule has 0 saturated heterocycles. The van der Waals surface area contributed by atoms with Crippen LogP contribution in [0.3, 0.4) is 0 Å². The fraction of sp³-hybridized carbons (Fsp3) is 0.0833. The lowest BCUT2D eigenvalue weighted by Gasteiger charge is -2.03. The summed E-state index contributed by atoms with van der Waals surface area (Å²) in [4.78, 5) is 3.77. The van der Waals surface area contributed by atoms with Gasteiger partial charge in [-0.15, -0.1) is 11.6 Å². The number of hydrogen-bond acceptors (Lipinski definition) is 1. The van der Waals surface area contributed by atoms with Gasteiger partial charge >= 0.3 is 0 Å². The predicted molar refractivity (Wildman–Crippen MR) is 59.2 cm³/mol. The van der Waals surface area contributed by atoms with Gasteiger partial charge in [0.2, 0.25) is 5.95 Å². The Balaban J connectivity index is 2.46. The minimum absolute atomic E-state index is 0.228. The van der Waals surface area contributed by atoms with Crippen molar-refractivity contribution in [1.29, 1.82) is 0 Å². The van der Waals surface area contributed by atoms with Crippen LogP contribution in [0.5, 0.6) is 0 Å². The highest BCUT2D eigenvalue weighted by Crippen LogP contribution is 2.21. The van der Waals surface area contributed by atoms with E-state index in [2.05, 4.69) is 4.98 Å². The van der Waals surface area contributed by atoms with E-state index in [1.165, 1.54) is 0 Å². The molecule has 15 heavy (non-hydrogen) atoms. The summed E-state index contributed by atoms with van der Waals surface area (Å²) in [5.41, 5.74) is 1.88. The molecule has 1 heterocycles. The fourth-order valence-corrected chi connectivity index (χ4v) is 1.53. The monoisotopic (exact) mass is 221 g/mol. The van der Waals surface area contributed by atoms with Gasteiger partial charge in [0.15, 0.2) is 0 Å². The largest absolute Gasteiger partial charge is 0.223 e. The zero-order valence-corrected chi connectivity index (χ0v) is 8.71. The summed E-state index contributed by atoms with van der Waals surface area (Å²) in [6.45, 7) is 0. The second-order valence-electron chi connectivity index (χ2n) is 3.14. The normalized spacial score (nSPS) is 10.3. The SMILES string of the molecule is Fc1nc(CCl)ccc1-c1ccccc1. The van der Waals surface area contributed by atoms with Crippen LogP contribution in [0.2, 0.25) is 0 Å². The van der Waals surface area contributed by atoms with Crippen molar-refractivity contribution in [3.63, 3.8) is 0 Å². The molecule has 0 amide bonds. The highest BCUT2D eigenvalue weighted by Gasteiger charge is 2.06. The zero-order chi connectivity index (χ0) is 10.7. The Morgan fingerprint density at radius 2 is 1.80 bits per heavy atom. The van der Waals surface area contributed by atoms with Crippen molar-refractivity contribution in [3.8, 4) is 11.1 Å². The van der Waals surface area contributed by atoms with Crippen molar-refractivity contribution in [2.24, 2.45) is 0 Å². The molecule has 2 rings (SSSR count). The molecule has 0 aliphatic rings. The van der Waals surface area contributed by atoms with Gasteiger partial charge in [-0.2, -0.15) is 4.39 Å². The van der Waals surface area contributed by atoms with Crippen molar-refractivity contribution in [2.75, 3.05) is 0 Å². The minimum Gasteiger partial charge on any atom is -0.223 e. The second-order valence-corrected chi connectivity index (χ2v) is 3.41. The first kappa shape index (κ1) is 10.1. The Kier molecular flexibility index (Phi) is 2.97. The maximum atomic E-state index is 13.6. The number of halogens is 2. The molecule has 1 nitrogen and oxygen atoms in total. The smallest absolute Gasteiger partial charge is 0.221 e. The summed E-state index contributed by atoms with van der Waals surface area (Å²) >= 11 is 5.57. The molecule has 1 aromatic carbocycles. The van der Waals surface area contributed by atoms with Gasteiger partial charge in [-0.05, 0) is 17.7 Å². The summed E-state index contributed by atoms with van der Waals surface area (Å²) in [6, 6.07) is 12.8. The van der Waals surface area contributed by atoms with E-state index in [1.54, 1.807) is 12.1 Å². The molecule has 0 bridgehead atoms. The van der Waals surface area contributed by atoms with Crippen molar-refractivity contribution < 1.29 is 4.39 Å². The standard InChI is InChI=1S/C12H9ClFN/c13-8-10-6-7-11(12(14)15-10)9-4-2-1-3-5-9/h1-7H,8H2. The number of rotatable bonds is 2. The number of pyridine rings is 1. The average molecular weight is 222 g/mol. The van der Waals surface area contributed by atoms with E-state index in [-0.39, 0.29) is 5.88 Å². The van der Waals surface area contributed by atoms with Gasteiger partial charge in [-0.1, -0.05) is 30.3 Å².